The fourth-order valence-electron chi connectivity index (χ4n) is 1.56. The second-order valence-corrected chi connectivity index (χ2v) is 4.61. The van der Waals surface area contributed by atoms with Crippen molar-refractivity contribution in [3.63, 3.8) is 0 Å². The highest BCUT2D eigenvalue weighted by molar-refractivity contribution is 6.42. The van der Waals surface area contributed by atoms with Crippen molar-refractivity contribution in [2.75, 3.05) is 0 Å². The van der Waals surface area contributed by atoms with Gasteiger partial charge in [-0.2, -0.15) is 0 Å². The molecule has 0 atom stereocenters. The number of rotatable bonds is 3. The fraction of sp³-hybridized carbons (Fsp3) is 0.0714. The van der Waals surface area contributed by atoms with E-state index in [0.717, 1.165) is 0 Å². The van der Waals surface area contributed by atoms with Crippen LogP contribution in [-0.4, -0.2) is 5.78 Å². The summed E-state index contributed by atoms with van der Waals surface area (Å²) in [5.74, 6) is -0.891. The molecule has 0 spiro atoms. The molecule has 0 saturated carbocycles. The largest absolute Gasteiger partial charge is 0.452 e. The van der Waals surface area contributed by atoms with Crippen LogP contribution in [0.5, 0.6) is 11.5 Å². The highest BCUT2D eigenvalue weighted by Crippen LogP contribution is 2.36. The molecule has 0 heterocycles. The van der Waals surface area contributed by atoms with Crippen LogP contribution in [0.1, 0.15) is 17.3 Å². The molecule has 98 valence electrons. The molecule has 0 unspecified atom stereocenters. The smallest absolute Gasteiger partial charge is 0.173 e. The molecular formula is C14H9Cl2FO2. The average Bonchev–Trinajstić information content (AvgIpc) is 2.36. The molecule has 0 aliphatic carbocycles. The van der Waals surface area contributed by atoms with Gasteiger partial charge in [-0.25, -0.2) is 4.39 Å². The Morgan fingerprint density at radius 3 is 2.53 bits per heavy atom. The molecule has 0 aromatic heterocycles. The quantitative estimate of drug-likeness (QED) is 0.735. The van der Waals surface area contributed by atoms with Crippen molar-refractivity contribution in [2.24, 2.45) is 0 Å². The summed E-state index contributed by atoms with van der Waals surface area (Å²) < 4.78 is 19.2. The SMILES string of the molecule is CC(=O)c1cccc(F)c1Oc1cccc(Cl)c1Cl. The van der Waals surface area contributed by atoms with Crippen molar-refractivity contribution in [2.45, 2.75) is 6.92 Å². The van der Waals surface area contributed by atoms with Gasteiger partial charge in [0.25, 0.3) is 0 Å². The van der Waals surface area contributed by atoms with E-state index in [1.165, 1.54) is 25.1 Å². The number of para-hydroxylation sites is 1. The molecule has 0 N–H and O–H groups in total. The van der Waals surface area contributed by atoms with Gasteiger partial charge in [-0.15, -0.1) is 0 Å². The van der Waals surface area contributed by atoms with Crippen molar-refractivity contribution in [1.82, 2.24) is 0 Å². The third kappa shape index (κ3) is 2.88. The van der Waals surface area contributed by atoms with Crippen LogP contribution in [-0.2, 0) is 0 Å². The molecule has 0 amide bonds. The Bertz CT molecular complexity index is 641. The molecule has 2 rings (SSSR count). The van der Waals surface area contributed by atoms with Gasteiger partial charge in [-0.1, -0.05) is 35.3 Å². The molecular weight excluding hydrogens is 290 g/mol. The summed E-state index contributed by atoms with van der Waals surface area (Å²) in [4.78, 5) is 11.5. The first kappa shape index (κ1) is 13.8. The Labute approximate surface area is 119 Å². The van der Waals surface area contributed by atoms with Crippen LogP contribution in [0, 0.1) is 5.82 Å². The first-order chi connectivity index (χ1) is 9.00. The van der Waals surface area contributed by atoms with Gasteiger partial charge in [0.1, 0.15) is 10.8 Å². The number of hydrogen-bond acceptors (Lipinski definition) is 2. The van der Waals surface area contributed by atoms with Crippen LogP contribution in [0.2, 0.25) is 10.0 Å². The van der Waals surface area contributed by atoms with Crippen LogP contribution >= 0.6 is 23.2 Å². The van der Waals surface area contributed by atoms with Gasteiger partial charge >= 0.3 is 0 Å². The normalized spacial score (nSPS) is 10.3. The predicted octanol–water partition coefficient (Wildman–Crippen LogP) is 5.13. The first-order valence-electron chi connectivity index (χ1n) is 5.42. The number of hydrogen-bond donors (Lipinski definition) is 0. The molecule has 2 aromatic rings. The zero-order chi connectivity index (χ0) is 14.0. The van der Waals surface area contributed by atoms with Crippen molar-refractivity contribution in [1.29, 1.82) is 0 Å². The Balaban J connectivity index is 2.49. The molecule has 0 fully saturated rings. The Hall–Kier alpha value is -1.58. The van der Waals surface area contributed by atoms with E-state index in [1.807, 2.05) is 0 Å². The van der Waals surface area contributed by atoms with E-state index in [-0.39, 0.29) is 27.9 Å². The minimum Gasteiger partial charge on any atom is -0.452 e. The van der Waals surface area contributed by atoms with Crippen LogP contribution in [0.3, 0.4) is 0 Å². The molecule has 0 aliphatic heterocycles. The van der Waals surface area contributed by atoms with Crippen molar-refractivity contribution >= 4 is 29.0 Å². The van der Waals surface area contributed by atoms with Gasteiger partial charge in [-0.05, 0) is 31.2 Å². The van der Waals surface area contributed by atoms with Crippen molar-refractivity contribution in [3.8, 4) is 11.5 Å². The summed E-state index contributed by atoms with van der Waals surface area (Å²) in [7, 11) is 0. The molecule has 19 heavy (non-hydrogen) atoms. The second-order valence-electron chi connectivity index (χ2n) is 3.83. The van der Waals surface area contributed by atoms with Gasteiger partial charge in [0.2, 0.25) is 0 Å². The van der Waals surface area contributed by atoms with Crippen LogP contribution in [0.25, 0.3) is 0 Å². The second kappa shape index (κ2) is 5.59. The summed E-state index contributed by atoms with van der Waals surface area (Å²) in [6.45, 7) is 1.33. The number of ketones is 1. The number of benzene rings is 2. The fourth-order valence-corrected chi connectivity index (χ4v) is 1.89. The monoisotopic (exact) mass is 298 g/mol. The summed E-state index contributed by atoms with van der Waals surface area (Å²) in [6.07, 6.45) is 0. The lowest BCUT2D eigenvalue weighted by Crippen LogP contribution is -1.99. The summed E-state index contributed by atoms with van der Waals surface area (Å²) in [5, 5.41) is 0.460. The number of carbonyl (C=O) groups excluding carboxylic acids is 1. The molecule has 2 nitrogen and oxygen atoms in total. The van der Waals surface area contributed by atoms with E-state index in [0.29, 0.717) is 5.02 Å². The van der Waals surface area contributed by atoms with Crippen LogP contribution < -0.4 is 4.74 Å². The Kier molecular flexibility index (Phi) is 4.08. The number of carbonyl (C=O) groups is 1. The lowest BCUT2D eigenvalue weighted by molar-refractivity contribution is 0.101. The average molecular weight is 299 g/mol. The van der Waals surface area contributed by atoms with Gasteiger partial charge in [-0.3, -0.25) is 4.79 Å². The standard InChI is InChI=1S/C14H9Cl2FO2/c1-8(18)9-4-2-6-11(17)14(9)19-12-7-3-5-10(15)13(12)16/h2-7H,1H3. The van der Waals surface area contributed by atoms with Gasteiger partial charge in [0, 0.05) is 0 Å². The van der Waals surface area contributed by atoms with E-state index in [9.17, 15) is 9.18 Å². The minimum atomic E-state index is -0.635. The maximum absolute atomic E-state index is 13.8. The lowest BCUT2D eigenvalue weighted by Gasteiger charge is -2.12. The molecule has 5 heteroatoms. The molecule has 2 aromatic carbocycles. The molecule has 0 aliphatic rings. The van der Waals surface area contributed by atoms with Crippen LogP contribution in [0.4, 0.5) is 4.39 Å². The summed E-state index contributed by atoms with van der Waals surface area (Å²) in [6, 6.07) is 8.89. The predicted molar refractivity (Wildman–Crippen MR) is 72.9 cm³/mol. The molecule has 0 radical (unpaired) electrons. The van der Waals surface area contributed by atoms with Crippen molar-refractivity contribution < 1.29 is 13.9 Å². The lowest BCUT2D eigenvalue weighted by atomic mass is 10.1. The maximum atomic E-state index is 13.8. The number of ether oxygens (including phenoxy) is 1. The summed E-state index contributed by atoms with van der Waals surface area (Å²) in [5.41, 5.74) is 0.149. The maximum Gasteiger partial charge on any atom is 0.173 e. The summed E-state index contributed by atoms with van der Waals surface area (Å²) >= 11 is 11.8. The van der Waals surface area contributed by atoms with Crippen LogP contribution in [0.15, 0.2) is 36.4 Å². The van der Waals surface area contributed by atoms with Crippen molar-refractivity contribution in [3.05, 3.63) is 57.8 Å². The first-order valence-corrected chi connectivity index (χ1v) is 6.17. The van der Waals surface area contributed by atoms with E-state index in [1.54, 1.807) is 18.2 Å². The highest BCUT2D eigenvalue weighted by Gasteiger charge is 2.16. The van der Waals surface area contributed by atoms with E-state index in [2.05, 4.69) is 0 Å². The highest BCUT2D eigenvalue weighted by atomic mass is 35.5. The van der Waals surface area contributed by atoms with E-state index >= 15 is 0 Å². The van der Waals surface area contributed by atoms with Gasteiger partial charge < -0.3 is 4.74 Å². The zero-order valence-corrected chi connectivity index (χ0v) is 11.4. The molecule has 0 bridgehead atoms. The topological polar surface area (TPSA) is 26.3 Å². The Morgan fingerprint density at radius 1 is 1.16 bits per heavy atom. The van der Waals surface area contributed by atoms with E-state index in [4.69, 9.17) is 27.9 Å². The Morgan fingerprint density at radius 2 is 1.84 bits per heavy atom. The zero-order valence-electron chi connectivity index (χ0n) is 9.91. The molecule has 0 saturated heterocycles. The number of halogens is 3. The van der Waals surface area contributed by atoms with E-state index < -0.39 is 5.82 Å². The third-order valence-corrected chi connectivity index (χ3v) is 3.28. The van der Waals surface area contributed by atoms with Gasteiger partial charge in [0.15, 0.2) is 17.3 Å². The number of Topliss-reactive ketones (excluding diaryl/α,β-unsaturated/α-hetero) is 1. The minimum absolute atomic E-state index is 0.149. The third-order valence-electron chi connectivity index (χ3n) is 2.47. The van der Waals surface area contributed by atoms with Gasteiger partial charge in [0.05, 0.1) is 10.6 Å².